The fourth-order valence-corrected chi connectivity index (χ4v) is 11.3. The van der Waals surface area contributed by atoms with Crippen LogP contribution >= 0.6 is 0 Å². The molecule has 34 heavy (non-hydrogen) atoms. The van der Waals surface area contributed by atoms with Crippen LogP contribution in [0.3, 0.4) is 0 Å². The van der Waals surface area contributed by atoms with E-state index in [9.17, 15) is 8.78 Å². The van der Waals surface area contributed by atoms with Gasteiger partial charge in [-0.3, -0.25) is 4.98 Å². The molecule has 1 aromatic carbocycles. The van der Waals surface area contributed by atoms with Gasteiger partial charge in [0.1, 0.15) is 0 Å². The van der Waals surface area contributed by atoms with E-state index in [1.165, 1.54) is 0 Å². The zero-order valence-electron chi connectivity index (χ0n) is 21.7. The predicted molar refractivity (Wildman–Crippen MR) is 137 cm³/mol. The molecule has 0 bridgehead atoms. The monoisotopic (exact) mass is 492 g/mol. The third-order valence-electron chi connectivity index (χ3n) is 7.14. The van der Waals surface area contributed by atoms with Crippen LogP contribution in [0.5, 0.6) is 0 Å². The molecule has 0 aliphatic heterocycles. The summed E-state index contributed by atoms with van der Waals surface area (Å²) in [5.41, 5.74) is 10.1. The van der Waals surface area contributed by atoms with Crippen LogP contribution in [0.1, 0.15) is 96.2 Å². The molecule has 0 radical (unpaired) electrons. The van der Waals surface area contributed by atoms with Crippen LogP contribution in [0, 0.1) is 11.6 Å². The zero-order valence-corrected chi connectivity index (χ0v) is 22.7. The maximum atomic E-state index is 14.7. The highest BCUT2D eigenvalue weighted by Gasteiger charge is 2.48. The first-order valence-electron chi connectivity index (χ1n) is 12.5. The van der Waals surface area contributed by atoms with Crippen LogP contribution in [-0.2, 0) is 4.43 Å². The highest BCUT2D eigenvalue weighted by atomic mass is 28.4. The van der Waals surface area contributed by atoms with E-state index < -0.39 is 26.0 Å². The average Bonchev–Trinajstić information content (AvgIpc) is 2.91. The van der Waals surface area contributed by atoms with Crippen LogP contribution in [0.2, 0.25) is 16.6 Å². The van der Waals surface area contributed by atoms with Gasteiger partial charge in [0.05, 0.1) is 11.8 Å². The van der Waals surface area contributed by atoms with Crippen molar-refractivity contribution >= 4 is 8.32 Å². The standard InChI is InChI=1S/C25H36F2N2OSi.C2H6O/c1-15(2)31(16(3)4,17(5)6)30-22-13-12-19(18-9-7-11-21(26)23(18)27)24(28)20-10-8-14-29-25(20)22;1-2-3/h7-11,14-17,19,22,24H,12-13,28H2,1-6H3;3H,2H2,1H3/t19-,22+,24-;/m0./s1. The van der Waals surface area contributed by atoms with Gasteiger partial charge in [-0.2, -0.15) is 0 Å². The molecule has 4 nitrogen and oxygen atoms in total. The molecule has 1 aromatic heterocycles. The number of aliphatic hydroxyl groups is 1. The first-order valence-corrected chi connectivity index (χ1v) is 14.6. The molecule has 1 heterocycles. The maximum absolute atomic E-state index is 14.7. The minimum Gasteiger partial charge on any atom is -0.408 e. The molecule has 0 saturated carbocycles. The van der Waals surface area contributed by atoms with Crippen molar-refractivity contribution < 1.29 is 18.3 Å². The molecule has 7 heteroatoms. The molecular formula is C27H42F2N2O2Si. The number of nitrogens with zero attached hydrogens (tertiary/aromatic N) is 1. The number of aromatic nitrogens is 1. The molecule has 0 amide bonds. The first kappa shape index (κ1) is 28.6. The van der Waals surface area contributed by atoms with Crippen molar-refractivity contribution in [3.05, 3.63) is 65.0 Å². The summed E-state index contributed by atoms with van der Waals surface area (Å²) in [7, 11) is -2.16. The number of hydrogen-bond acceptors (Lipinski definition) is 4. The molecule has 0 saturated heterocycles. The van der Waals surface area contributed by atoms with E-state index in [4.69, 9.17) is 20.3 Å². The van der Waals surface area contributed by atoms with Gasteiger partial charge in [0, 0.05) is 24.8 Å². The van der Waals surface area contributed by atoms with Gasteiger partial charge in [0.15, 0.2) is 11.6 Å². The molecule has 3 N–H and O–H groups in total. The summed E-state index contributed by atoms with van der Waals surface area (Å²) in [6.07, 6.45) is 2.87. The summed E-state index contributed by atoms with van der Waals surface area (Å²) >= 11 is 0. The Labute approximate surface area is 205 Å². The first-order chi connectivity index (χ1) is 16.0. The predicted octanol–water partition coefficient (Wildman–Crippen LogP) is 7.17. The zero-order chi connectivity index (χ0) is 25.6. The Balaban J connectivity index is 0.00000129. The van der Waals surface area contributed by atoms with Gasteiger partial charge in [-0.15, -0.1) is 0 Å². The SMILES string of the molecule is CC(C)[Si](O[C@@H]1CC[C@@H](c2cccc(F)c2F)[C@H](N)c2cccnc21)(C(C)C)C(C)C.CCO. The molecule has 0 spiro atoms. The molecule has 3 rings (SSSR count). The Morgan fingerprint density at radius 3 is 2.12 bits per heavy atom. The minimum atomic E-state index is -2.16. The van der Waals surface area contributed by atoms with Gasteiger partial charge in [0.25, 0.3) is 0 Å². The summed E-state index contributed by atoms with van der Waals surface area (Å²) in [4.78, 5) is 4.69. The van der Waals surface area contributed by atoms with Gasteiger partial charge in [-0.05, 0) is 59.6 Å². The fraction of sp³-hybridized carbons (Fsp3) is 0.593. The van der Waals surface area contributed by atoms with Crippen molar-refractivity contribution in [2.45, 2.75) is 96.0 Å². The number of pyridine rings is 1. The largest absolute Gasteiger partial charge is 0.408 e. The number of benzene rings is 1. The number of hydrogen-bond donors (Lipinski definition) is 2. The van der Waals surface area contributed by atoms with Crippen LogP contribution in [-0.4, -0.2) is 25.0 Å². The molecule has 1 aliphatic carbocycles. The van der Waals surface area contributed by atoms with Crippen LogP contribution in [0.15, 0.2) is 36.5 Å². The van der Waals surface area contributed by atoms with Gasteiger partial charge >= 0.3 is 0 Å². The number of nitrogens with two attached hydrogens (primary N) is 1. The summed E-state index contributed by atoms with van der Waals surface area (Å²) in [5, 5.41) is 7.57. The number of aliphatic hydroxyl groups excluding tert-OH is 1. The van der Waals surface area contributed by atoms with Gasteiger partial charge < -0.3 is 15.3 Å². The lowest BCUT2D eigenvalue weighted by Gasteiger charge is -2.44. The van der Waals surface area contributed by atoms with Crippen molar-refractivity contribution in [3.63, 3.8) is 0 Å². The lowest BCUT2D eigenvalue weighted by atomic mass is 9.86. The Morgan fingerprint density at radius 1 is 1.00 bits per heavy atom. The van der Waals surface area contributed by atoms with Gasteiger partial charge in [0.2, 0.25) is 8.32 Å². The van der Waals surface area contributed by atoms with E-state index in [2.05, 4.69) is 41.5 Å². The summed E-state index contributed by atoms with van der Waals surface area (Å²) in [5.74, 6) is -1.97. The average molecular weight is 493 g/mol. The topological polar surface area (TPSA) is 68.4 Å². The van der Waals surface area contributed by atoms with E-state index >= 15 is 0 Å². The van der Waals surface area contributed by atoms with Crippen molar-refractivity contribution in [2.24, 2.45) is 5.73 Å². The maximum Gasteiger partial charge on any atom is 0.201 e. The molecule has 190 valence electrons. The second-order valence-corrected chi connectivity index (χ2v) is 15.5. The van der Waals surface area contributed by atoms with E-state index in [-0.39, 0.29) is 18.6 Å². The Hall–Kier alpha value is -1.67. The minimum absolute atomic E-state index is 0.192. The van der Waals surface area contributed by atoms with Crippen molar-refractivity contribution in [3.8, 4) is 0 Å². The number of fused-ring (bicyclic) bond motifs is 1. The second-order valence-electron chi connectivity index (χ2n) is 10.1. The normalized spacial score (nSPS) is 20.7. The third-order valence-corrected chi connectivity index (χ3v) is 13.3. The van der Waals surface area contributed by atoms with Crippen molar-refractivity contribution in [1.29, 1.82) is 0 Å². The van der Waals surface area contributed by atoms with Crippen molar-refractivity contribution in [1.82, 2.24) is 4.98 Å². The Morgan fingerprint density at radius 2 is 1.56 bits per heavy atom. The van der Waals surface area contributed by atoms with E-state index in [0.29, 0.717) is 35.0 Å². The van der Waals surface area contributed by atoms with E-state index in [0.717, 1.165) is 17.3 Å². The molecule has 2 aromatic rings. The number of rotatable bonds is 6. The lowest BCUT2D eigenvalue weighted by Crippen LogP contribution is -2.48. The lowest BCUT2D eigenvalue weighted by molar-refractivity contribution is 0.159. The van der Waals surface area contributed by atoms with E-state index in [1.807, 2.05) is 12.1 Å². The molecule has 0 fully saturated rings. The van der Waals surface area contributed by atoms with E-state index in [1.54, 1.807) is 25.3 Å². The summed E-state index contributed by atoms with van der Waals surface area (Å²) in [6.45, 7) is 15.5. The van der Waals surface area contributed by atoms with Crippen LogP contribution < -0.4 is 5.73 Å². The second kappa shape index (κ2) is 12.3. The molecule has 1 aliphatic rings. The van der Waals surface area contributed by atoms with Crippen molar-refractivity contribution in [2.75, 3.05) is 6.61 Å². The number of halogens is 2. The smallest absolute Gasteiger partial charge is 0.201 e. The fourth-order valence-electron chi connectivity index (χ4n) is 5.77. The summed E-state index contributed by atoms with van der Waals surface area (Å²) < 4.78 is 35.8. The molecular weight excluding hydrogens is 450 g/mol. The Bertz CT molecular complexity index is 901. The van der Waals surface area contributed by atoms with Gasteiger partial charge in [-0.25, -0.2) is 8.78 Å². The molecule has 3 atom stereocenters. The van der Waals surface area contributed by atoms with Crippen LogP contribution in [0.25, 0.3) is 0 Å². The highest BCUT2D eigenvalue weighted by molar-refractivity contribution is 6.77. The molecule has 0 unspecified atom stereocenters. The van der Waals surface area contributed by atoms with Crippen LogP contribution in [0.4, 0.5) is 8.78 Å². The Kier molecular flexibility index (Phi) is 10.4. The highest BCUT2D eigenvalue weighted by Crippen LogP contribution is 2.49. The summed E-state index contributed by atoms with van der Waals surface area (Å²) in [6, 6.07) is 7.70. The van der Waals surface area contributed by atoms with Gasteiger partial charge in [-0.1, -0.05) is 59.7 Å². The quantitative estimate of drug-likeness (QED) is 0.331. The third kappa shape index (κ3) is 5.75.